The van der Waals surface area contributed by atoms with Crippen LogP contribution in [0, 0.1) is 0 Å². The first kappa shape index (κ1) is 10.3. The Bertz CT molecular complexity index is 206. The molecule has 3 nitrogen and oxygen atoms in total. The molecule has 0 aromatic rings. The molecule has 1 aliphatic heterocycles. The highest BCUT2D eigenvalue weighted by atomic mass is 19.1. The van der Waals surface area contributed by atoms with Gasteiger partial charge in [0.15, 0.2) is 6.29 Å². The molecule has 0 saturated carbocycles. The summed E-state index contributed by atoms with van der Waals surface area (Å²) in [6.07, 6.45) is 0.952. The van der Waals surface area contributed by atoms with Crippen LogP contribution >= 0.6 is 0 Å². The summed E-state index contributed by atoms with van der Waals surface area (Å²) < 4.78 is 12.7. The minimum Gasteiger partial charge on any atom is -0.295 e. The number of alkyl halides is 1. The first-order valence-electron chi connectivity index (χ1n) is 4.52. The van der Waals surface area contributed by atoms with Crippen LogP contribution in [0.25, 0.3) is 0 Å². The number of carbonyl (C=O) groups is 2. The van der Waals surface area contributed by atoms with Crippen molar-refractivity contribution in [2.75, 3.05) is 13.1 Å². The number of hydrogen-bond acceptors (Lipinski definition) is 3. The van der Waals surface area contributed by atoms with Crippen molar-refractivity contribution in [3.8, 4) is 0 Å². The molecule has 0 aromatic carbocycles. The van der Waals surface area contributed by atoms with E-state index in [9.17, 15) is 14.0 Å². The Morgan fingerprint density at radius 2 is 2.46 bits per heavy atom. The van der Waals surface area contributed by atoms with Crippen molar-refractivity contribution in [3.05, 3.63) is 0 Å². The van der Waals surface area contributed by atoms with Crippen LogP contribution in [0.15, 0.2) is 0 Å². The standard InChI is InChI=1S/C9H14FNO2/c1-7(10)5-11-4-2-3-8(11)9(13)6-12/h6-8H,2-5H2,1H3. The number of ketones is 1. The van der Waals surface area contributed by atoms with Crippen molar-refractivity contribution < 1.29 is 14.0 Å². The summed E-state index contributed by atoms with van der Waals surface area (Å²) >= 11 is 0. The first-order chi connectivity index (χ1) is 6.15. The minimum absolute atomic E-state index is 0.254. The van der Waals surface area contributed by atoms with Crippen LogP contribution in [0.1, 0.15) is 19.8 Å². The summed E-state index contributed by atoms with van der Waals surface area (Å²) in [7, 11) is 0. The molecular weight excluding hydrogens is 173 g/mol. The monoisotopic (exact) mass is 187 g/mol. The number of nitrogens with zero attached hydrogens (tertiary/aromatic N) is 1. The summed E-state index contributed by atoms with van der Waals surface area (Å²) in [6, 6.07) is -0.365. The van der Waals surface area contributed by atoms with Gasteiger partial charge in [0, 0.05) is 6.54 Å². The van der Waals surface area contributed by atoms with E-state index >= 15 is 0 Å². The maximum atomic E-state index is 12.7. The smallest absolute Gasteiger partial charge is 0.212 e. The molecular formula is C9H14FNO2. The van der Waals surface area contributed by atoms with Gasteiger partial charge in [-0.05, 0) is 26.3 Å². The van der Waals surface area contributed by atoms with E-state index < -0.39 is 12.0 Å². The molecule has 0 aromatic heterocycles. The highest BCUT2D eigenvalue weighted by Gasteiger charge is 2.30. The fourth-order valence-electron chi connectivity index (χ4n) is 1.77. The van der Waals surface area contributed by atoms with E-state index in [0.717, 1.165) is 13.0 Å². The predicted octanol–water partition coefficient (Wildman–Crippen LogP) is 0.577. The normalized spacial score (nSPS) is 25.8. The van der Waals surface area contributed by atoms with Gasteiger partial charge < -0.3 is 0 Å². The molecule has 1 heterocycles. The molecule has 0 N–H and O–H groups in total. The predicted molar refractivity (Wildman–Crippen MR) is 46.2 cm³/mol. The molecule has 0 bridgehead atoms. The summed E-state index contributed by atoms with van der Waals surface area (Å²) in [6.45, 7) is 2.43. The van der Waals surface area contributed by atoms with Crippen LogP contribution in [0.3, 0.4) is 0 Å². The number of aldehydes is 1. The second-order valence-corrected chi connectivity index (χ2v) is 3.45. The van der Waals surface area contributed by atoms with E-state index in [1.165, 1.54) is 6.92 Å². The molecule has 0 spiro atoms. The summed E-state index contributed by atoms with van der Waals surface area (Å²) in [4.78, 5) is 23.1. The molecule has 0 radical (unpaired) electrons. The molecule has 1 rings (SSSR count). The van der Waals surface area contributed by atoms with E-state index in [0.29, 0.717) is 12.7 Å². The fourth-order valence-corrected chi connectivity index (χ4v) is 1.77. The highest BCUT2D eigenvalue weighted by molar-refractivity contribution is 6.27. The average Bonchev–Trinajstić information content (AvgIpc) is 2.50. The Labute approximate surface area is 76.9 Å². The van der Waals surface area contributed by atoms with Crippen molar-refractivity contribution in [2.45, 2.75) is 32.0 Å². The Morgan fingerprint density at radius 1 is 1.77 bits per heavy atom. The quantitative estimate of drug-likeness (QED) is 0.477. The lowest BCUT2D eigenvalue weighted by molar-refractivity contribution is -0.133. The SMILES string of the molecule is CC(F)CN1CCCC1C(=O)C=O. The molecule has 2 unspecified atom stereocenters. The van der Waals surface area contributed by atoms with Crippen molar-refractivity contribution in [1.82, 2.24) is 4.90 Å². The molecule has 1 fully saturated rings. The molecule has 0 aliphatic carbocycles. The Balaban J connectivity index is 2.53. The molecule has 1 aliphatic rings. The first-order valence-corrected chi connectivity index (χ1v) is 4.52. The van der Waals surface area contributed by atoms with Crippen molar-refractivity contribution >= 4 is 12.1 Å². The molecule has 0 amide bonds. The van der Waals surface area contributed by atoms with Crippen molar-refractivity contribution in [2.24, 2.45) is 0 Å². The van der Waals surface area contributed by atoms with Gasteiger partial charge in [-0.3, -0.25) is 14.5 Å². The van der Waals surface area contributed by atoms with E-state index in [1.54, 1.807) is 4.90 Å². The van der Waals surface area contributed by atoms with Crippen LogP contribution in [0.5, 0.6) is 0 Å². The number of likely N-dealkylation sites (tertiary alicyclic amines) is 1. The van der Waals surface area contributed by atoms with E-state index in [2.05, 4.69) is 0 Å². The third-order valence-corrected chi connectivity index (χ3v) is 2.29. The number of carbonyl (C=O) groups excluding carboxylic acids is 2. The molecule has 74 valence electrons. The minimum atomic E-state index is -0.944. The lowest BCUT2D eigenvalue weighted by Gasteiger charge is -2.21. The summed E-state index contributed by atoms with van der Waals surface area (Å²) in [5.74, 6) is -0.418. The van der Waals surface area contributed by atoms with Crippen molar-refractivity contribution in [3.63, 3.8) is 0 Å². The molecule has 13 heavy (non-hydrogen) atoms. The van der Waals surface area contributed by atoms with Gasteiger partial charge in [0.25, 0.3) is 0 Å². The number of hydrogen-bond donors (Lipinski definition) is 0. The lowest BCUT2D eigenvalue weighted by atomic mass is 10.1. The maximum absolute atomic E-state index is 12.7. The van der Waals surface area contributed by atoms with Crippen LogP contribution < -0.4 is 0 Å². The van der Waals surface area contributed by atoms with E-state index in [1.807, 2.05) is 0 Å². The van der Waals surface area contributed by atoms with Gasteiger partial charge in [0.1, 0.15) is 6.17 Å². The summed E-state index contributed by atoms with van der Waals surface area (Å²) in [5.41, 5.74) is 0. The van der Waals surface area contributed by atoms with Gasteiger partial charge in [0.05, 0.1) is 6.04 Å². The lowest BCUT2D eigenvalue weighted by Crippen LogP contribution is -2.39. The van der Waals surface area contributed by atoms with Crippen LogP contribution in [0.4, 0.5) is 4.39 Å². The van der Waals surface area contributed by atoms with Gasteiger partial charge in [0.2, 0.25) is 5.78 Å². The van der Waals surface area contributed by atoms with Crippen LogP contribution in [-0.2, 0) is 9.59 Å². The number of Topliss-reactive ketones (excluding diaryl/α,β-unsaturated/α-hetero) is 1. The third-order valence-electron chi connectivity index (χ3n) is 2.29. The Hall–Kier alpha value is -0.770. The Morgan fingerprint density at radius 3 is 3.00 bits per heavy atom. The number of halogens is 1. The molecule has 2 atom stereocenters. The molecule has 1 saturated heterocycles. The summed E-state index contributed by atoms with van der Waals surface area (Å²) in [5, 5.41) is 0. The van der Waals surface area contributed by atoms with Gasteiger partial charge in [-0.25, -0.2) is 4.39 Å². The van der Waals surface area contributed by atoms with Gasteiger partial charge in [-0.1, -0.05) is 0 Å². The zero-order chi connectivity index (χ0) is 9.84. The second kappa shape index (κ2) is 4.46. The largest absolute Gasteiger partial charge is 0.295 e. The van der Waals surface area contributed by atoms with Gasteiger partial charge in [-0.2, -0.15) is 0 Å². The van der Waals surface area contributed by atoms with Crippen LogP contribution in [0.2, 0.25) is 0 Å². The topological polar surface area (TPSA) is 37.4 Å². The van der Waals surface area contributed by atoms with Crippen molar-refractivity contribution in [1.29, 1.82) is 0 Å². The zero-order valence-electron chi connectivity index (χ0n) is 7.70. The maximum Gasteiger partial charge on any atom is 0.212 e. The fraction of sp³-hybridized carbons (Fsp3) is 0.778. The Kier molecular flexibility index (Phi) is 3.54. The van der Waals surface area contributed by atoms with E-state index in [4.69, 9.17) is 0 Å². The highest BCUT2D eigenvalue weighted by Crippen LogP contribution is 2.18. The van der Waals surface area contributed by atoms with Gasteiger partial charge in [-0.15, -0.1) is 0 Å². The van der Waals surface area contributed by atoms with E-state index in [-0.39, 0.29) is 12.6 Å². The molecule has 4 heteroatoms. The third kappa shape index (κ3) is 2.59. The van der Waals surface area contributed by atoms with Crippen LogP contribution in [-0.4, -0.2) is 42.3 Å². The average molecular weight is 187 g/mol. The number of rotatable bonds is 4. The van der Waals surface area contributed by atoms with Gasteiger partial charge >= 0.3 is 0 Å². The second-order valence-electron chi connectivity index (χ2n) is 3.45. The zero-order valence-corrected chi connectivity index (χ0v) is 7.70.